The number of thioether (sulfide) groups is 1. The lowest BCUT2D eigenvalue weighted by molar-refractivity contribution is -0.130. The highest BCUT2D eigenvalue weighted by Gasteiger charge is 2.33. The Morgan fingerprint density at radius 1 is 1.42 bits per heavy atom. The van der Waals surface area contributed by atoms with E-state index in [4.69, 9.17) is 0 Å². The molecule has 2 atom stereocenters. The van der Waals surface area contributed by atoms with Gasteiger partial charge in [-0.1, -0.05) is 37.3 Å². The average Bonchev–Trinajstić information content (AvgIpc) is 2.81. The summed E-state index contributed by atoms with van der Waals surface area (Å²) in [5.74, 6) is 1.93. The Morgan fingerprint density at radius 2 is 2.16 bits per heavy atom. The second-order valence-corrected chi connectivity index (χ2v) is 6.07. The minimum atomic E-state index is 0.0184. The molecule has 0 bridgehead atoms. The SMILES string of the molecule is CC1CCN(C(=O)CSCc2ccccc2)C1CO. The van der Waals surface area contributed by atoms with Gasteiger partial charge in [-0.2, -0.15) is 0 Å². The van der Waals surface area contributed by atoms with E-state index in [9.17, 15) is 9.90 Å². The van der Waals surface area contributed by atoms with Gasteiger partial charge in [0, 0.05) is 12.3 Å². The zero-order valence-corrected chi connectivity index (χ0v) is 12.1. The van der Waals surface area contributed by atoms with Gasteiger partial charge in [-0.3, -0.25) is 4.79 Å². The number of aliphatic hydroxyl groups excluding tert-OH is 1. The predicted molar refractivity (Wildman–Crippen MR) is 79.0 cm³/mol. The van der Waals surface area contributed by atoms with Crippen molar-refractivity contribution < 1.29 is 9.90 Å². The number of amides is 1. The van der Waals surface area contributed by atoms with Crippen molar-refractivity contribution in [1.82, 2.24) is 4.90 Å². The maximum atomic E-state index is 12.1. The summed E-state index contributed by atoms with van der Waals surface area (Å²) in [5.41, 5.74) is 1.24. The molecule has 1 aromatic carbocycles. The average molecular weight is 279 g/mol. The molecule has 1 N–H and O–H groups in total. The number of hydrogen-bond acceptors (Lipinski definition) is 3. The highest BCUT2D eigenvalue weighted by atomic mass is 32.2. The van der Waals surface area contributed by atoms with Crippen molar-refractivity contribution in [2.24, 2.45) is 5.92 Å². The van der Waals surface area contributed by atoms with Crippen molar-refractivity contribution in [3.05, 3.63) is 35.9 Å². The first kappa shape index (κ1) is 14.4. The van der Waals surface area contributed by atoms with Gasteiger partial charge in [0.15, 0.2) is 0 Å². The van der Waals surface area contributed by atoms with Gasteiger partial charge in [-0.25, -0.2) is 0 Å². The second kappa shape index (κ2) is 6.96. The largest absolute Gasteiger partial charge is 0.394 e. The van der Waals surface area contributed by atoms with E-state index >= 15 is 0 Å². The van der Waals surface area contributed by atoms with Crippen LogP contribution in [0.2, 0.25) is 0 Å². The summed E-state index contributed by atoms with van der Waals surface area (Å²) >= 11 is 1.64. The first-order valence-electron chi connectivity index (χ1n) is 6.74. The van der Waals surface area contributed by atoms with Crippen molar-refractivity contribution in [2.75, 3.05) is 18.9 Å². The molecule has 4 heteroatoms. The van der Waals surface area contributed by atoms with Crippen LogP contribution in [0.5, 0.6) is 0 Å². The summed E-state index contributed by atoms with van der Waals surface area (Å²) in [4.78, 5) is 14.0. The number of carbonyl (C=O) groups excluding carboxylic acids is 1. The molecule has 19 heavy (non-hydrogen) atoms. The van der Waals surface area contributed by atoms with Gasteiger partial charge in [0.1, 0.15) is 0 Å². The molecule has 1 aliphatic heterocycles. The molecule has 0 aliphatic carbocycles. The Morgan fingerprint density at radius 3 is 2.84 bits per heavy atom. The van der Waals surface area contributed by atoms with Gasteiger partial charge in [0.05, 0.1) is 18.4 Å². The van der Waals surface area contributed by atoms with Crippen LogP contribution in [0.25, 0.3) is 0 Å². The summed E-state index contributed by atoms with van der Waals surface area (Å²) in [7, 11) is 0. The van der Waals surface area contributed by atoms with E-state index < -0.39 is 0 Å². The van der Waals surface area contributed by atoms with Crippen LogP contribution in [0.4, 0.5) is 0 Å². The van der Waals surface area contributed by atoms with Gasteiger partial charge >= 0.3 is 0 Å². The molecule has 0 aromatic heterocycles. The van der Waals surface area contributed by atoms with Gasteiger partial charge < -0.3 is 10.0 Å². The number of likely N-dealkylation sites (tertiary alicyclic amines) is 1. The lowest BCUT2D eigenvalue weighted by Gasteiger charge is -2.25. The van der Waals surface area contributed by atoms with Crippen molar-refractivity contribution in [3.8, 4) is 0 Å². The van der Waals surface area contributed by atoms with Crippen LogP contribution in [0.15, 0.2) is 30.3 Å². The number of nitrogens with zero attached hydrogens (tertiary/aromatic N) is 1. The monoisotopic (exact) mass is 279 g/mol. The van der Waals surface area contributed by atoms with Crippen LogP contribution in [0, 0.1) is 5.92 Å². The van der Waals surface area contributed by atoms with Crippen LogP contribution in [0.3, 0.4) is 0 Å². The van der Waals surface area contributed by atoms with E-state index in [0.29, 0.717) is 11.7 Å². The number of carbonyl (C=O) groups is 1. The van der Waals surface area contributed by atoms with Crippen LogP contribution in [0.1, 0.15) is 18.9 Å². The fourth-order valence-electron chi connectivity index (χ4n) is 2.51. The minimum absolute atomic E-state index is 0.0184. The molecule has 1 heterocycles. The molecule has 2 rings (SSSR count). The van der Waals surface area contributed by atoms with Crippen molar-refractivity contribution in [3.63, 3.8) is 0 Å². The Hall–Kier alpha value is -1.00. The molecule has 0 spiro atoms. The molecule has 0 saturated carbocycles. The summed E-state index contributed by atoms with van der Waals surface area (Å²) in [6, 6.07) is 10.2. The lowest BCUT2D eigenvalue weighted by Crippen LogP contribution is -2.40. The Labute approximate surface area is 119 Å². The topological polar surface area (TPSA) is 40.5 Å². The Bertz CT molecular complexity index is 410. The third-order valence-corrected chi connectivity index (χ3v) is 4.72. The summed E-state index contributed by atoms with van der Waals surface area (Å²) in [6.45, 7) is 2.97. The Balaban J connectivity index is 1.78. The summed E-state index contributed by atoms with van der Waals surface area (Å²) < 4.78 is 0. The van der Waals surface area contributed by atoms with Crippen LogP contribution >= 0.6 is 11.8 Å². The molecule has 1 amide bonds. The van der Waals surface area contributed by atoms with Gasteiger partial charge in [-0.05, 0) is 17.9 Å². The third kappa shape index (κ3) is 3.74. The maximum absolute atomic E-state index is 12.1. The van der Waals surface area contributed by atoms with E-state index in [1.54, 1.807) is 11.8 Å². The van der Waals surface area contributed by atoms with Gasteiger partial charge in [0.2, 0.25) is 5.91 Å². The van der Waals surface area contributed by atoms with Crippen LogP contribution < -0.4 is 0 Å². The zero-order valence-electron chi connectivity index (χ0n) is 11.3. The standard InChI is InChI=1S/C15H21NO2S/c1-12-7-8-16(14(12)9-17)15(18)11-19-10-13-5-3-2-4-6-13/h2-6,12,14,17H,7-11H2,1H3. The fraction of sp³-hybridized carbons (Fsp3) is 0.533. The fourth-order valence-corrected chi connectivity index (χ4v) is 3.38. The maximum Gasteiger partial charge on any atom is 0.232 e. The molecule has 0 radical (unpaired) electrons. The molecule has 1 fully saturated rings. The minimum Gasteiger partial charge on any atom is -0.394 e. The molecule has 104 valence electrons. The normalized spacial score (nSPS) is 22.7. The van der Waals surface area contributed by atoms with Crippen LogP contribution in [-0.2, 0) is 10.5 Å². The molecule has 2 unspecified atom stereocenters. The second-order valence-electron chi connectivity index (χ2n) is 5.08. The molecule has 1 aromatic rings. The molecular formula is C15H21NO2S. The highest BCUT2D eigenvalue weighted by molar-refractivity contribution is 7.99. The number of aliphatic hydroxyl groups is 1. The Kier molecular flexibility index (Phi) is 5.28. The van der Waals surface area contributed by atoms with E-state index in [-0.39, 0.29) is 18.6 Å². The predicted octanol–water partition coefficient (Wildman–Crippen LogP) is 2.15. The van der Waals surface area contributed by atoms with Crippen molar-refractivity contribution in [2.45, 2.75) is 25.1 Å². The molecular weight excluding hydrogens is 258 g/mol. The first-order chi connectivity index (χ1) is 9.22. The van der Waals surface area contributed by atoms with E-state index in [2.05, 4.69) is 19.1 Å². The van der Waals surface area contributed by atoms with E-state index in [0.717, 1.165) is 18.7 Å². The smallest absolute Gasteiger partial charge is 0.232 e. The molecule has 1 saturated heterocycles. The van der Waals surface area contributed by atoms with Gasteiger partial charge in [-0.15, -0.1) is 11.8 Å². The van der Waals surface area contributed by atoms with E-state index in [1.165, 1.54) is 5.56 Å². The quantitative estimate of drug-likeness (QED) is 0.898. The first-order valence-corrected chi connectivity index (χ1v) is 7.90. The number of benzene rings is 1. The number of rotatable bonds is 5. The van der Waals surface area contributed by atoms with Crippen molar-refractivity contribution in [1.29, 1.82) is 0 Å². The number of hydrogen-bond donors (Lipinski definition) is 1. The summed E-state index contributed by atoms with van der Waals surface area (Å²) in [6.07, 6.45) is 1.00. The van der Waals surface area contributed by atoms with Crippen molar-refractivity contribution >= 4 is 17.7 Å². The van der Waals surface area contributed by atoms with E-state index in [1.807, 2.05) is 23.1 Å². The third-order valence-electron chi connectivity index (χ3n) is 3.73. The summed E-state index contributed by atoms with van der Waals surface area (Å²) in [5, 5.41) is 9.36. The zero-order chi connectivity index (χ0) is 13.7. The van der Waals surface area contributed by atoms with Gasteiger partial charge in [0.25, 0.3) is 0 Å². The lowest BCUT2D eigenvalue weighted by atomic mass is 10.0. The highest BCUT2D eigenvalue weighted by Crippen LogP contribution is 2.24. The molecule has 3 nitrogen and oxygen atoms in total. The van der Waals surface area contributed by atoms with Crippen LogP contribution in [-0.4, -0.2) is 40.9 Å². The molecule has 1 aliphatic rings.